The van der Waals surface area contributed by atoms with E-state index in [-0.39, 0.29) is 56.5 Å². The number of rotatable bonds is 7. The van der Waals surface area contributed by atoms with Crippen LogP contribution in [-0.2, 0) is 44.7 Å². The van der Waals surface area contributed by atoms with Gasteiger partial charge in [-0.15, -0.1) is 0 Å². The van der Waals surface area contributed by atoms with E-state index in [1.54, 1.807) is 37.3 Å². The molecule has 334 valence electrons. The van der Waals surface area contributed by atoms with Crippen molar-refractivity contribution in [2.45, 2.75) is 94.7 Å². The number of pyridine rings is 1. The van der Waals surface area contributed by atoms with Crippen LogP contribution in [0.4, 0.5) is 5.69 Å². The third kappa shape index (κ3) is 10.3. The van der Waals surface area contributed by atoms with E-state index in [9.17, 15) is 43.5 Å². The van der Waals surface area contributed by atoms with Crippen molar-refractivity contribution in [2.75, 3.05) is 39.1 Å². The molecule has 3 aromatic rings. The van der Waals surface area contributed by atoms with Crippen LogP contribution in [0.25, 0.3) is 0 Å². The van der Waals surface area contributed by atoms with Crippen LogP contribution in [-0.4, -0.2) is 143 Å². The summed E-state index contributed by atoms with van der Waals surface area (Å²) in [6, 6.07) is 10.1. The number of nitrogens with zero attached hydrogens (tertiary/aromatic N) is 5. The molecule has 3 aliphatic rings. The average Bonchev–Trinajstić information content (AvgIpc) is 3.77. The quantitative estimate of drug-likeness (QED) is 0.247. The largest absolute Gasteiger partial charge is 0.505 e. The van der Waals surface area contributed by atoms with E-state index in [0.29, 0.717) is 12.0 Å². The number of cyclic esters (lactones) is 1. The summed E-state index contributed by atoms with van der Waals surface area (Å²) in [5.41, 5.74) is 1.45. The predicted octanol–water partition coefficient (Wildman–Crippen LogP) is 1.27. The Hall–Kier alpha value is -6.85. The Morgan fingerprint density at radius 2 is 1.57 bits per heavy atom. The number of nitrogens with one attached hydrogen (secondary N) is 3. The third-order valence-corrected chi connectivity index (χ3v) is 11.8. The number of ketones is 1. The SMILES string of the molecule is CC[C@@H]1NC(=O)[C@@H](NC(=O)c2ncccc2O)[C@H](C)OC(=O)[C@@H](c2ccccc2)NC(=O)[C@@H]2CC(=O)CCN2C(=O)C(Cc2ccc(N(C)C)cc2)N(C)C(=O)[C@@H]2CCCN2C1=O. The molecule has 3 fully saturated rings. The summed E-state index contributed by atoms with van der Waals surface area (Å²) < 4.78 is 5.85. The van der Waals surface area contributed by atoms with Crippen LogP contribution in [0.3, 0.4) is 0 Å². The molecular weight excluding hydrogens is 813 g/mol. The van der Waals surface area contributed by atoms with E-state index in [4.69, 9.17) is 4.74 Å². The Bertz CT molecular complexity index is 2220. The van der Waals surface area contributed by atoms with Gasteiger partial charge in [-0.1, -0.05) is 49.4 Å². The zero-order valence-corrected chi connectivity index (χ0v) is 36.0. The molecule has 3 saturated heterocycles. The highest BCUT2D eigenvalue weighted by molar-refractivity contribution is 6.01. The Labute approximate surface area is 365 Å². The molecule has 2 aromatic carbocycles. The number of aromatic hydroxyl groups is 1. The molecule has 18 nitrogen and oxygen atoms in total. The Kier molecular flexibility index (Phi) is 14.4. The highest BCUT2D eigenvalue weighted by Gasteiger charge is 2.45. The molecule has 0 radical (unpaired) electrons. The molecule has 6 rings (SSSR count). The monoisotopic (exact) mass is 866 g/mol. The van der Waals surface area contributed by atoms with Crippen molar-refractivity contribution in [2.24, 2.45) is 0 Å². The number of piperidine rings is 1. The molecule has 6 amide bonds. The number of anilines is 1. The number of likely N-dealkylation sites (N-methyl/N-ethyl adjacent to an activating group) is 1. The smallest absolute Gasteiger partial charge is 0.333 e. The van der Waals surface area contributed by atoms with Gasteiger partial charge < -0.3 is 45.4 Å². The summed E-state index contributed by atoms with van der Waals surface area (Å²) in [4.78, 5) is 123. The first-order chi connectivity index (χ1) is 30.1. The molecule has 1 unspecified atom stereocenters. The maximum absolute atomic E-state index is 15.0. The summed E-state index contributed by atoms with van der Waals surface area (Å²) in [5.74, 6) is -6.33. The third-order valence-electron chi connectivity index (χ3n) is 11.8. The molecule has 4 heterocycles. The van der Waals surface area contributed by atoms with Crippen LogP contribution in [0.5, 0.6) is 5.75 Å². The van der Waals surface area contributed by atoms with Gasteiger partial charge in [0.05, 0.1) is 0 Å². The number of carbonyl (C=O) groups is 8. The molecule has 63 heavy (non-hydrogen) atoms. The van der Waals surface area contributed by atoms with E-state index >= 15 is 0 Å². The highest BCUT2D eigenvalue weighted by Crippen LogP contribution is 2.27. The number of esters is 1. The second kappa shape index (κ2) is 19.9. The standard InChI is InChI=1S/C45H54N8O10/c1-6-31-42(59)52-22-11-14-32(52)43(60)51(5)34(24-27-16-18-29(19-17-27)50(3)4)44(61)53-23-20-30(54)25-33(53)39(56)49-37(28-12-8-7-9-13-28)45(62)63-26(2)36(40(57)47-31)48-41(58)38-35(55)15-10-21-46-38/h7-10,12-13,15-19,21,26,31-34,36-37,55H,6,11,14,20,22-25H2,1-5H3,(H,47,57)(H,48,58)(H,49,56)/t26-,31-,32-,33-,34?,36-,37+/m0/s1. The van der Waals surface area contributed by atoms with Gasteiger partial charge in [-0.3, -0.25) is 33.6 Å². The van der Waals surface area contributed by atoms with E-state index in [1.807, 2.05) is 43.3 Å². The van der Waals surface area contributed by atoms with Gasteiger partial charge in [-0.25, -0.2) is 9.78 Å². The van der Waals surface area contributed by atoms with Gasteiger partial charge in [0.15, 0.2) is 11.7 Å². The molecule has 18 heteroatoms. The fourth-order valence-corrected chi connectivity index (χ4v) is 8.20. The molecule has 7 atom stereocenters. The summed E-state index contributed by atoms with van der Waals surface area (Å²) in [5, 5.41) is 18.2. The normalized spacial score (nSPS) is 25.4. The van der Waals surface area contributed by atoms with Gasteiger partial charge in [0.25, 0.3) is 5.91 Å². The lowest BCUT2D eigenvalue weighted by Gasteiger charge is -2.40. The lowest BCUT2D eigenvalue weighted by atomic mass is 9.95. The summed E-state index contributed by atoms with van der Waals surface area (Å²) >= 11 is 0. The van der Waals surface area contributed by atoms with Gasteiger partial charge in [0.2, 0.25) is 29.5 Å². The van der Waals surface area contributed by atoms with Crippen LogP contribution < -0.4 is 20.9 Å². The predicted molar refractivity (Wildman–Crippen MR) is 228 cm³/mol. The highest BCUT2D eigenvalue weighted by atomic mass is 16.5. The fourth-order valence-electron chi connectivity index (χ4n) is 8.20. The van der Waals surface area contributed by atoms with Crippen LogP contribution in [0.1, 0.15) is 73.6 Å². The Balaban J connectivity index is 1.44. The van der Waals surface area contributed by atoms with Crippen molar-refractivity contribution in [3.63, 3.8) is 0 Å². The number of aromatic nitrogens is 1. The molecule has 4 N–H and O–H groups in total. The molecule has 0 aliphatic carbocycles. The summed E-state index contributed by atoms with van der Waals surface area (Å²) in [6.45, 7) is 3.02. The second-order valence-electron chi connectivity index (χ2n) is 16.2. The fraction of sp³-hybridized carbons (Fsp3) is 0.444. The Morgan fingerprint density at radius 3 is 2.24 bits per heavy atom. The number of ether oxygens (including phenoxy) is 1. The van der Waals surface area contributed by atoms with E-state index in [0.717, 1.165) is 5.69 Å². The van der Waals surface area contributed by atoms with Crippen molar-refractivity contribution >= 4 is 52.9 Å². The average molecular weight is 867 g/mol. The molecule has 0 bridgehead atoms. The number of carbonyl (C=O) groups excluding carboxylic acids is 8. The van der Waals surface area contributed by atoms with Crippen molar-refractivity contribution in [3.8, 4) is 5.75 Å². The van der Waals surface area contributed by atoms with Crippen LogP contribution >= 0.6 is 0 Å². The number of hydrogen-bond donors (Lipinski definition) is 4. The van der Waals surface area contributed by atoms with E-state index < -0.39 is 95.2 Å². The first-order valence-corrected chi connectivity index (χ1v) is 21.1. The van der Waals surface area contributed by atoms with Crippen LogP contribution in [0, 0.1) is 0 Å². The van der Waals surface area contributed by atoms with Gasteiger partial charge in [0.1, 0.15) is 47.8 Å². The lowest BCUT2D eigenvalue weighted by Crippen LogP contribution is -2.61. The summed E-state index contributed by atoms with van der Waals surface area (Å²) in [6.07, 6.45) is 0.175. The number of fused-ring (bicyclic) bond motifs is 2. The van der Waals surface area contributed by atoms with E-state index in [1.165, 1.54) is 47.0 Å². The molecule has 0 spiro atoms. The molecular formula is C45H54N8O10. The minimum absolute atomic E-state index is 0.0299. The maximum atomic E-state index is 15.0. The minimum Gasteiger partial charge on any atom is -0.505 e. The minimum atomic E-state index is -1.68. The summed E-state index contributed by atoms with van der Waals surface area (Å²) in [7, 11) is 5.25. The topological polar surface area (TPSA) is 228 Å². The molecule has 1 aromatic heterocycles. The van der Waals surface area contributed by atoms with Crippen molar-refractivity contribution < 1.29 is 48.2 Å². The van der Waals surface area contributed by atoms with Gasteiger partial charge in [-0.05, 0) is 61.6 Å². The van der Waals surface area contributed by atoms with Gasteiger partial charge in [-0.2, -0.15) is 0 Å². The first kappa shape index (κ1) is 45.7. The van der Waals surface area contributed by atoms with Gasteiger partial charge >= 0.3 is 5.97 Å². The van der Waals surface area contributed by atoms with Crippen LogP contribution in [0.15, 0.2) is 72.9 Å². The van der Waals surface area contributed by atoms with Crippen molar-refractivity contribution in [1.29, 1.82) is 0 Å². The zero-order valence-electron chi connectivity index (χ0n) is 36.0. The number of benzene rings is 2. The maximum Gasteiger partial charge on any atom is 0.333 e. The molecule has 3 aliphatic heterocycles. The van der Waals surface area contributed by atoms with E-state index in [2.05, 4.69) is 20.9 Å². The van der Waals surface area contributed by atoms with Crippen molar-refractivity contribution in [1.82, 2.24) is 35.6 Å². The number of amides is 6. The number of Topliss-reactive ketones (excluding diaryl/α,β-unsaturated/α-hetero) is 1. The first-order valence-electron chi connectivity index (χ1n) is 21.1. The molecule has 0 saturated carbocycles. The lowest BCUT2D eigenvalue weighted by molar-refractivity contribution is -0.156. The Morgan fingerprint density at radius 1 is 0.873 bits per heavy atom. The van der Waals surface area contributed by atoms with Gasteiger partial charge in [0, 0.05) is 65.4 Å². The zero-order chi connectivity index (χ0) is 45.5. The second-order valence-corrected chi connectivity index (χ2v) is 16.2. The number of hydrogen-bond acceptors (Lipinski definition) is 12. The van der Waals surface area contributed by atoms with Crippen molar-refractivity contribution in [3.05, 3.63) is 89.7 Å². The van der Waals surface area contributed by atoms with Crippen LogP contribution in [0.2, 0.25) is 0 Å².